The maximum absolute atomic E-state index is 10.2. The smallest absolute Gasteiger partial charge is 0.142 e. The number of aldehydes is 1. The standard InChI is InChI=1S/C19H26O2/c1-16-10-9-14-19(2,3)18(16)13-12-17(21-4)11-7-5-6-8-15-20/h5-8,11-13,15H,9-10,14H2,1-4H3/b7-5+,8-6+,13-12+,17-11+. The van der Waals surface area contributed by atoms with Gasteiger partial charge < -0.3 is 4.74 Å². The van der Waals surface area contributed by atoms with E-state index in [0.717, 1.165) is 12.0 Å². The lowest BCUT2D eigenvalue weighted by atomic mass is 9.72. The van der Waals surface area contributed by atoms with Gasteiger partial charge in [-0.05, 0) is 55.4 Å². The second kappa shape index (κ2) is 8.46. The van der Waals surface area contributed by atoms with Gasteiger partial charge in [-0.3, -0.25) is 4.79 Å². The zero-order valence-corrected chi connectivity index (χ0v) is 13.6. The molecule has 0 unspecified atom stereocenters. The van der Waals surface area contributed by atoms with E-state index in [2.05, 4.69) is 26.8 Å². The Balaban J connectivity index is 2.85. The second-order valence-electron chi connectivity index (χ2n) is 5.94. The fourth-order valence-corrected chi connectivity index (χ4v) is 2.69. The predicted octanol–water partition coefficient (Wildman–Crippen LogP) is 4.91. The summed E-state index contributed by atoms with van der Waals surface area (Å²) in [7, 11) is 1.67. The molecule has 0 aliphatic heterocycles. The van der Waals surface area contributed by atoms with Gasteiger partial charge in [0.05, 0.1) is 7.11 Å². The van der Waals surface area contributed by atoms with Crippen LogP contribution in [0.3, 0.4) is 0 Å². The lowest BCUT2D eigenvalue weighted by Crippen LogP contribution is -2.19. The Morgan fingerprint density at radius 2 is 1.90 bits per heavy atom. The zero-order valence-electron chi connectivity index (χ0n) is 13.6. The normalized spacial score (nSPS) is 19.9. The van der Waals surface area contributed by atoms with E-state index in [1.165, 1.54) is 36.5 Å². The molecule has 0 aromatic heterocycles. The summed E-state index contributed by atoms with van der Waals surface area (Å²) in [4.78, 5) is 10.2. The van der Waals surface area contributed by atoms with Gasteiger partial charge >= 0.3 is 0 Å². The van der Waals surface area contributed by atoms with Gasteiger partial charge in [-0.1, -0.05) is 43.7 Å². The molecular weight excluding hydrogens is 260 g/mol. The molecule has 2 nitrogen and oxygen atoms in total. The molecule has 0 spiro atoms. The SMILES string of the molecule is COC(/C=C/C1=C(C)CCCC1(C)C)=C/C=C/C=C/C=O. The highest BCUT2D eigenvalue weighted by Gasteiger charge is 2.26. The highest BCUT2D eigenvalue weighted by Crippen LogP contribution is 2.40. The Bertz CT molecular complexity index is 500. The maximum Gasteiger partial charge on any atom is 0.142 e. The van der Waals surface area contributed by atoms with Gasteiger partial charge in [-0.2, -0.15) is 0 Å². The van der Waals surface area contributed by atoms with E-state index in [9.17, 15) is 4.79 Å². The van der Waals surface area contributed by atoms with Crippen LogP contribution >= 0.6 is 0 Å². The van der Waals surface area contributed by atoms with Crippen molar-refractivity contribution in [3.05, 3.63) is 59.4 Å². The van der Waals surface area contributed by atoms with Crippen molar-refractivity contribution in [2.24, 2.45) is 5.41 Å². The highest BCUT2D eigenvalue weighted by molar-refractivity contribution is 5.65. The number of carbonyl (C=O) groups is 1. The summed E-state index contributed by atoms with van der Waals surface area (Å²) in [6.45, 7) is 6.83. The molecule has 2 heteroatoms. The lowest BCUT2D eigenvalue weighted by molar-refractivity contribution is -0.104. The van der Waals surface area contributed by atoms with Crippen molar-refractivity contribution >= 4 is 6.29 Å². The minimum Gasteiger partial charge on any atom is -0.497 e. The molecule has 1 rings (SSSR count). The number of ether oxygens (including phenoxy) is 1. The summed E-state index contributed by atoms with van der Waals surface area (Å²) in [5, 5.41) is 0. The summed E-state index contributed by atoms with van der Waals surface area (Å²) >= 11 is 0. The summed E-state index contributed by atoms with van der Waals surface area (Å²) in [6, 6.07) is 0. The van der Waals surface area contributed by atoms with E-state index in [4.69, 9.17) is 4.74 Å². The van der Waals surface area contributed by atoms with Crippen molar-refractivity contribution in [3.8, 4) is 0 Å². The summed E-state index contributed by atoms with van der Waals surface area (Å²) in [5.41, 5.74) is 3.13. The van der Waals surface area contributed by atoms with Crippen LogP contribution < -0.4 is 0 Å². The van der Waals surface area contributed by atoms with Crippen LogP contribution in [0.15, 0.2) is 59.4 Å². The maximum atomic E-state index is 10.2. The number of rotatable bonds is 6. The van der Waals surface area contributed by atoms with Crippen LogP contribution in [0.25, 0.3) is 0 Å². The molecule has 0 aromatic rings. The van der Waals surface area contributed by atoms with Crippen molar-refractivity contribution < 1.29 is 9.53 Å². The van der Waals surface area contributed by atoms with Gasteiger partial charge in [0, 0.05) is 0 Å². The number of allylic oxidation sites excluding steroid dienone is 9. The molecule has 0 N–H and O–H groups in total. The van der Waals surface area contributed by atoms with Crippen LogP contribution in [0.2, 0.25) is 0 Å². The van der Waals surface area contributed by atoms with Crippen LogP contribution in [0.4, 0.5) is 0 Å². The topological polar surface area (TPSA) is 26.3 Å². The molecule has 0 aromatic carbocycles. The Morgan fingerprint density at radius 1 is 1.19 bits per heavy atom. The number of carbonyl (C=O) groups excluding carboxylic acids is 1. The van der Waals surface area contributed by atoms with E-state index < -0.39 is 0 Å². The van der Waals surface area contributed by atoms with Crippen molar-refractivity contribution in [3.63, 3.8) is 0 Å². The van der Waals surface area contributed by atoms with Gasteiger partial charge in [0.1, 0.15) is 12.0 Å². The Morgan fingerprint density at radius 3 is 2.52 bits per heavy atom. The highest BCUT2D eigenvalue weighted by atomic mass is 16.5. The van der Waals surface area contributed by atoms with Crippen LogP contribution in [0.5, 0.6) is 0 Å². The van der Waals surface area contributed by atoms with E-state index in [0.29, 0.717) is 0 Å². The van der Waals surface area contributed by atoms with E-state index in [1.54, 1.807) is 19.3 Å². The van der Waals surface area contributed by atoms with Crippen molar-refractivity contribution in [2.45, 2.75) is 40.0 Å². The van der Waals surface area contributed by atoms with Crippen LogP contribution in [-0.4, -0.2) is 13.4 Å². The first-order valence-electron chi connectivity index (χ1n) is 7.42. The molecule has 0 saturated heterocycles. The Hall–Kier alpha value is -1.83. The van der Waals surface area contributed by atoms with Gasteiger partial charge in [-0.25, -0.2) is 0 Å². The first-order chi connectivity index (χ1) is 10.0. The molecule has 21 heavy (non-hydrogen) atoms. The van der Waals surface area contributed by atoms with Crippen molar-refractivity contribution in [1.82, 2.24) is 0 Å². The van der Waals surface area contributed by atoms with Crippen LogP contribution in [0, 0.1) is 5.41 Å². The largest absolute Gasteiger partial charge is 0.497 e. The quantitative estimate of drug-likeness (QED) is 0.300. The number of hydrogen-bond donors (Lipinski definition) is 0. The molecule has 0 bridgehead atoms. The first-order valence-corrected chi connectivity index (χ1v) is 7.42. The summed E-state index contributed by atoms with van der Waals surface area (Å²) < 4.78 is 5.36. The van der Waals surface area contributed by atoms with Gasteiger partial charge in [-0.15, -0.1) is 0 Å². The molecule has 0 fully saturated rings. The molecule has 114 valence electrons. The van der Waals surface area contributed by atoms with E-state index >= 15 is 0 Å². The van der Waals surface area contributed by atoms with Crippen LogP contribution in [0.1, 0.15) is 40.0 Å². The van der Waals surface area contributed by atoms with Crippen molar-refractivity contribution in [1.29, 1.82) is 0 Å². The molecule has 0 heterocycles. The minimum atomic E-state index is 0.236. The molecular formula is C19H26O2. The fraction of sp³-hybridized carbons (Fsp3) is 0.421. The average molecular weight is 286 g/mol. The zero-order chi connectivity index (χ0) is 15.7. The first kappa shape index (κ1) is 17.2. The van der Waals surface area contributed by atoms with E-state index in [-0.39, 0.29) is 5.41 Å². The summed E-state index contributed by atoms with van der Waals surface area (Å²) in [6.07, 6.45) is 17.3. The molecule has 1 aliphatic carbocycles. The Kier molecular flexibility index (Phi) is 6.93. The molecule has 0 amide bonds. The Labute approximate surface area is 128 Å². The van der Waals surface area contributed by atoms with Gasteiger partial charge in [0.25, 0.3) is 0 Å². The minimum absolute atomic E-state index is 0.236. The van der Waals surface area contributed by atoms with Crippen molar-refractivity contribution in [2.75, 3.05) is 7.11 Å². The van der Waals surface area contributed by atoms with Crippen LogP contribution in [-0.2, 0) is 9.53 Å². The fourth-order valence-electron chi connectivity index (χ4n) is 2.69. The third-order valence-electron chi connectivity index (χ3n) is 3.86. The number of methoxy groups -OCH3 is 1. The van der Waals surface area contributed by atoms with Gasteiger partial charge in [0.2, 0.25) is 0 Å². The monoisotopic (exact) mass is 286 g/mol. The van der Waals surface area contributed by atoms with E-state index in [1.807, 2.05) is 18.2 Å². The molecule has 0 saturated carbocycles. The third-order valence-corrected chi connectivity index (χ3v) is 3.86. The lowest BCUT2D eigenvalue weighted by Gasteiger charge is -2.32. The molecule has 0 atom stereocenters. The van der Waals surface area contributed by atoms with Gasteiger partial charge in [0.15, 0.2) is 0 Å². The predicted molar refractivity (Wildman–Crippen MR) is 88.9 cm³/mol. The molecule has 0 radical (unpaired) electrons. The summed E-state index contributed by atoms with van der Waals surface area (Å²) in [5.74, 6) is 0.799. The molecule has 1 aliphatic rings. The number of hydrogen-bond acceptors (Lipinski definition) is 2. The second-order valence-corrected chi connectivity index (χ2v) is 5.94. The third kappa shape index (κ3) is 5.58. The average Bonchev–Trinajstić information content (AvgIpc) is 2.43.